The number of amides is 2. The molecule has 0 aliphatic rings. The van der Waals surface area contributed by atoms with Crippen LogP contribution in [0.4, 0.5) is 10.5 Å². The van der Waals surface area contributed by atoms with Gasteiger partial charge in [-0.2, -0.15) is 0 Å². The van der Waals surface area contributed by atoms with Crippen LogP contribution in [0.1, 0.15) is 57.8 Å². The topological polar surface area (TPSA) is 67.4 Å². The number of carbonyl (C=O) groups excluding carboxylic acids is 2. The summed E-state index contributed by atoms with van der Waals surface area (Å²) in [6.45, 7) is 9.48. The lowest BCUT2D eigenvalue weighted by molar-refractivity contribution is 0.0635. The predicted octanol–water partition coefficient (Wildman–Crippen LogP) is 3.95. The minimum atomic E-state index is -0.542. The first-order chi connectivity index (χ1) is 10.2. The van der Waals surface area contributed by atoms with Crippen LogP contribution < -0.4 is 10.6 Å². The number of hydrogen-bond donors (Lipinski definition) is 2. The van der Waals surface area contributed by atoms with Gasteiger partial charge in [0, 0.05) is 17.3 Å². The van der Waals surface area contributed by atoms with E-state index in [-0.39, 0.29) is 11.9 Å². The van der Waals surface area contributed by atoms with Gasteiger partial charge in [0.2, 0.25) is 0 Å². The summed E-state index contributed by atoms with van der Waals surface area (Å²) in [7, 11) is 0. The second kappa shape index (κ2) is 7.82. The Labute approximate surface area is 132 Å². The molecule has 0 heterocycles. The predicted molar refractivity (Wildman–Crippen MR) is 88.1 cm³/mol. The van der Waals surface area contributed by atoms with E-state index in [1.807, 2.05) is 6.92 Å². The van der Waals surface area contributed by atoms with Crippen LogP contribution in [0.25, 0.3) is 0 Å². The second-order valence-electron chi connectivity index (χ2n) is 6.37. The quantitative estimate of drug-likeness (QED) is 0.865. The van der Waals surface area contributed by atoms with Gasteiger partial charge in [-0.15, -0.1) is 0 Å². The van der Waals surface area contributed by atoms with Gasteiger partial charge in [-0.05, 0) is 58.4 Å². The third kappa shape index (κ3) is 6.61. The molecule has 22 heavy (non-hydrogen) atoms. The van der Waals surface area contributed by atoms with Crippen LogP contribution in [0.15, 0.2) is 24.3 Å². The van der Waals surface area contributed by atoms with Crippen molar-refractivity contribution >= 4 is 17.7 Å². The van der Waals surface area contributed by atoms with Gasteiger partial charge in [0.1, 0.15) is 5.60 Å². The average Bonchev–Trinajstić information content (AvgIpc) is 2.37. The molecule has 0 saturated heterocycles. The van der Waals surface area contributed by atoms with Crippen LogP contribution in [0.3, 0.4) is 0 Å². The number of nitrogens with one attached hydrogen (secondary N) is 2. The van der Waals surface area contributed by atoms with Crippen molar-refractivity contribution in [1.29, 1.82) is 0 Å². The maximum atomic E-state index is 12.0. The Morgan fingerprint density at radius 2 is 1.77 bits per heavy atom. The van der Waals surface area contributed by atoms with E-state index in [9.17, 15) is 9.59 Å². The van der Waals surface area contributed by atoms with E-state index in [0.717, 1.165) is 12.8 Å². The lowest BCUT2D eigenvalue weighted by atomic mass is 10.1. The standard InChI is InChI=1S/C17H26N2O3/c1-6-7-12(2)18-15(20)13-8-10-14(11-9-13)19-16(21)22-17(3,4)5/h8-12H,6-7H2,1-5H3,(H,18,20)(H,19,21). The Kier molecular flexibility index (Phi) is 6.40. The van der Waals surface area contributed by atoms with Crippen molar-refractivity contribution in [2.45, 2.75) is 59.1 Å². The summed E-state index contributed by atoms with van der Waals surface area (Å²) in [6.07, 6.45) is 1.46. The fourth-order valence-corrected chi connectivity index (χ4v) is 1.94. The molecule has 0 aromatic heterocycles. The van der Waals surface area contributed by atoms with E-state index >= 15 is 0 Å². The Morgan fingerprint density at radius 3 is 2.27 bits per heavy atom. The molecule has 0 aliphatic heterocycles. The largest absolute Gasteiger partial charge is 0.444 e. The maximum absolute atomic E-state index is 12.0. The van der Waals surface area contributed by atoms with Gasteiger partial charge in [-0.3, -0.25) is 10.1 Å². The monoisotopic (exact) mass is 306 g/mol. The second-order valence-corrected chi connectivity index (χ2v) is 6.37. The fourth-order valence-electron chi connectivity index (χ4n) is 1.94. The molecule has 0 aliphatic carbocycles. The Morgan fingerprint density at radius 1 is 1.18 bits per heavy atom. The number of ether oxygens (including phenoxy) is 1. The van der Waals surface area contributed by atoms with Crippen LogP contribution in [0.2, 0.25) is 0 Å². The third-order valence-corrected chi connectivity index (χ3v) is 2.89. The molecule has 1 aromatic carbocycles. The van der Waals surface area contributed by atoms with Gasteiger partial charge in [0.05, 0.1) is 0 Å². The summed E-state index contributed by atoms with van der Waals surface area (Å²) in [5.74, 6) is -0.107. The first-order valence-corrected chi connectivity index (χ1v) is 7.62. The highest BCUT2D eigenvalue weighted by molar-refractivity contribution is 5.95. The van der Waals surface area contributed by atoms with Gasteiger partial charge >= 0.3 is 6.09 Å². The number of anilines is 1. The minimum absolute atomic E-state index is 0.107. The molecule has 0 bridgehead atoms. The first kappa shape index (κ1) is 18.0. The molecule has 122 valence electrons. The molecule has 0 spiro atoms. The highest BCUT2D eigenvalue weighted by Crippen LogP contribution is 2.13. The number of hydrogen-bond acceptors (Lipinski definition) is 3. The molecule has 2 amide bonds. The summed E-state index contributed by atoms with van der Waals surface area (Å²) in [5, 5.41) is 5.57. The smallest absolute Gasteiger partial charge is 0.412 e. The third-order valence-electron chi connectivity index (χ3n) is 2.89. The van der Waals surface area contributed by atoms with Crippen LogP contribution >= 0.6 is 0 Å². The van der Waals surface area contributed by atoms with Gasteiger partial charge in [0.25, 0.3) is 5.91 Å². The molecule has 0 saturated carbocycles. The van der Waals surface area contributed by atoms with Crippen molar-refractivity contribution in [3.05, 3.63) is 29.8 Å². The van der Waals surface area contributed by atoms with Crippen LogP contribution in [0, 0.1) is 0 Å². The molecule has 1 aromatic rings. The normalized spacial score (nSPS) is 12.4. The van der Waals surface area contributed by atoms with Crippen molar-refractivity contribution < 1.29 is 14.3 Å². The summed E-state index contributed by atoms with van der Waals surface area (Å²) >= 11 is 0. The van der Waals surface area contributed by atoms with E-state index in [1.165, 1.54) is 0 Å². The van der Waals surface area contributed by atoms with Gasteiger partial charge < -0.3 is 10.1 Å². The Balaban J connectivity index is 2.59. The SMILES string of the molecule is CCCC(C)NC(=O)c1ccc(NC(=O)OC(C)(C)C)cc1. The molecule has 5 heteroatoms. The molecular formula is C17H26N2O3. The van der Waals surface area contributed by atoms with E-state index in [0.29, 0.717) is 11.3 Å². The average molecular weight is 306 g/mol. The van der Waals surface area contributed by atoms with Gasteiger partial charge in [-0.25, -0.2) is 4.79 Å². The van der Waals surface area contributed by atoms with Crippen LogP contribution in [0.5, 0.6) is 0 Å². The maximum Gasteiger partial charge on any atom is 0.412 e. The molecule has 0 fully saturated rings. The lowest BCUT2D eigenvalue weighted by Crippen LogP contribution is -2.32. The van der Waals surface area contributed by atoms with Gasteiger partial charge in [-0.1, -0.05) is 13.3 Å². The molecular weight excluding hydrogens is 280 g/mol. The van der Waals surface area contributed by atoms with Crippen LogP contribution in [-0.2, 0) is 4.74 Å². The number of benzene rings is 1. The highest BCUT2D eigenvalue weighted by atomic mass is 16.6. The lowest BCUT2D eigenvalue weighted by Gasteiger charge is -2.19. The Bertz CT molecular complexity index is 504. The van der Waals surface area contributed by atoms with Crippen molar-refractivity contribution in [2.24, 2.45) is 0 Å². The zero-order valence-electron chi connectivity index (χ0n) is 14.0. The van der Waals surface area contributed by atoms with Crippen molar-refractivity contribution in [3.63, 3.8) is 0 Å². The summed E-state index contributed by atoms with van der Waals surface area (Å²) < 4.78 is 5.17. The van der Waals surface area contributed by atoms with E-state index in [1.54, 1.807) is 45.0 Å². The molecule has 2 N–H and O–H groups in total. The fraction of sp³-hybridized carbons (Fsp3) is 0.529. The van der Waals surface area contributed by atoms with Crippen LogP contribution in [-0.4, -0.2) is 23.6 Å². The van der Waals surface area contributed by atoms with E-state index in [4.69, 9.17) is 4.74 Å². The summed E-state index contributed by atoms with van der Waals surface area (Å²) in [4.78, 5) is 23.7. The number of rotatable bonds is 5. The number of carbonyl (C=O) groups is 2. The molecule has 1 atom stereocenters. The van der Waals surface area contributed by atoms with E-state index < -0.39 is 11.7 Å². The van der Waals surface area contributed by atoms with Crippen molar-refractivity contribution in [1.82, 2.24) is 5.32 Å². The Hall–Kier alpha value is -2.04. The minimum Gasteiger partial charge on any atom is -0.444 e. The van der Waals surface area contributed by atoms with Crippen molar-refractivity contribution in [2.75, 3.05) is 5.32 Å². The van der Waals surface area contributed by atoms with Gasteiger partial charge in [0.15, 0.2) is 0 Å². The molecule has 0 radical (unpaired) electrons. The zero-order valence-corrected chi connectivity index (χ0v) is 14.0. The van der Waals surface area contributed by atoms with E-state index in [2.05, 4.69) is 17.6 Å². The first-order valence-electron chi connectivity index (χ1n) is 7.62. The summed E-state index contributed by atoms with van der Waals surface area (Å²) in [6, 6.07) is 6.88. The molecule has 1 rings (SSSR count). The molecule has 5 nitrogen and oxygen atoms in total. The highest BCUT2D eigenvalue weighted by Gasteiger charge is 2.16. The summed E-state index contributed by atoms with van der Waals surface area (Å²) in [5.41, 5.74) is 0.615. The zero-order chi connectivity index (χ0) is 16.8. The van der Waals surface area contributed by atoms with Crippen molar-refractivity contribution in [3.8, 4) is 0 Å². The molecule has 1 unspecified atom stereocenters.